The van der Waals surface area contributed by atoms with E-state index in [1.807, 2.05) is 6.20 Å². The molecule has 1 N–H and O–H groups in total. The second-order valence-electron chi connectivity index (χ2n) is 8.42. The number of Topliss-reactive ketones (excluding diaryl/α,β-unsaturated/α-hetero) is 1. The third-order valence-electron chi connectivity index (χ3n) is 6.20. The van der Waals surface area contributed by atoms with Crippen LogP contribution in [0.2, 0.25) is 0 Å². The van der Waals surface area contributed by atoms with Crippen LogP contribution in [-0.4, -0.2) is 16.0 Å². The fraction of sp³-hybridized carbons (Fsp3) is 0.429. The minimum Gasteiger partial charge on any atom is -0.294 e. The van der Waals surface area contributed by atoms with Crippen LogP contribution in [0.25, 0.3) is 0 Å². The van der Waals surface area contributed by atoms with Gasteiger partial charge < -0.3 is 0 Å². The van der Waals surface area contributed by atoms with Crippen LogP contribution in [0.1, 0.15) is 55.5 Å². The Hall–Kier alpha value is -2.16. The van der Waals surface area contributed by atoms with Gasteiger partial charge in [-0.05, 0) is 35.8 Å². The molecule has 1 heterocycles. The van der Waals surface area contributed by atoms with Gasteiger partial charge in [0.1, 0.15) is 0 Å². The van der Waals surface area contributed by atoms with Gasteiger partial charge in [-0.25, -0.2) is 0 Å². The molecule has 0 amide bonds. The Morgan fingerprint density at radius 3 is 2.83 bits per heavy atom. The van der Waals surface area contributed by atoms with E-state index in [9.17, 15) is 4.79 Å². The molecule has 0 radical (unpaired) electrons. The molecular formula is C21H22N2O. The summed E-state index contributed by atoms with van der Waals surface area (Å²) in [5.41, 5.74) is 7.39. The van der Waals surface area contributed by atoms with Crippen molar-refractivity contribution < 1.29 is 4.79 Å². The quantitative estimate of drug-likeness (QED) is 0.801. The Morgan fingerprint density at radius 2 is 1.96 bits per heavy atom. The number of nitrogens with zero attached hydrogens (tertiary/aromatic N) is 1. The lowest BCUT2D eigenvalue weighted by molar-refractivity contribution is -0.118. The summed E-state index contributed by atoms with van der Waals surface area (Å²) in [5.74, 6) is 0.352. The Balaban J connectivity index is 1.83. The number of carbonyl (C=O) groups excluding carboxylic acids is 1. The van der Waals surface area contributed by atoms with Gasteiger partial charge in [-0.1, -0.05) is 43.7 Å². The number of allylic oxidation sites excluding steroid dienone is 2. The zero-order valence-electron chi connectivity index (χ0n) is 14.3. The van der Waals surface area contributed by atoms with E-state index in [4.69, 9.17) is 0 Å². The van der Waals surface area contributed by atoms with Crippen LogP contribution in [-0.2, 0) is 23.1 Å². The SMILES string of the molecule is CC1(C)CC(=O)C2=C(Cc3[nH]ncc3C23CCc2ccccc23)C1. The maximum absolute atomic E-state index is 13.3. The summed E-state index contributed by atoms with van der Waals surface area (Å²) < 4.78 is 0. The van der Waals surface area contributed by atoms with Crippen LogP contribution in [0.15, 0.2) is 41.6 Å². The highest BCUT2D eigenvalue weighted by atomic mass is 16.1. The van der Waals surface area contributed by atoms with E-state index in [1.54, 1.807) is 0 Å². The number of H-pyrrole nitrogens is 1. The van der Waals surface area contributed by atoms with Crippen molar-refractivity contribution in [2.75, 3.05) is 0 Å². The summed E-state index contributed by atoms with van der Waals surface area (Å²) >= 11 is 0. The topological polar surface area (TPSA) is 45.8 Å². The number of carbonyl (C=O) groups is 1. The van der Waals surface area contributed by atoms with Crippen LogP contribution in [0, 0.1) is 5.41 Å². The van der Waals surface area contributed by atoms with Crippen molar-refractivity contribution >= 4 is 5.78 Å². The maximum atomic E-state index is 13.3. The molecule has 0 bridgehead atoms. The fourth-order valence-corrected chi connectivity index (χ4v) is 5.45. The summed E-state index contributed by atoms with van der Waals surface area (Å²) in [6.07, 6.45) is 6.51. The lowest BCUT2D eigenvalue weighted by Crippen LogP contribution is -2.41. The Bertz CT molecular complexity index is 902. The molecule has 0 fully saturated rings. The van der Waals surface area contributed by atoms with Crippen molar-refractivity contribution in [3.05, 3.63) is 64.0 Å². The van der Waals surface area contributed by atoms with Gasteiger partial charge in [0, 0.05) is 29.7 Å². The van der Waals surface area contributed by atoms with Gasteiger partial charge in [-0.3, -0.25) is 9.89 Å². The first-order valence-electron chi connectivity index (χ1n) is 8.88. The van der Waals surface area contributed by atoms with Crippen LogP contribution in [0.4, 0.5) is 0 Å². The molecule has 1 aromatic carbocycles. The third-order valence-corrected chi connectivity index (χ3v) is 6.20. The van der Waals surface area contributed by atoms with Gasteiger partial charge in [0.2, 0.25) is 0 Å². The first-order valence-corrected chi connectivity index (χ1v) is 8.88. The molecular weight excluding hydrogens is 296 g/mol. The van der Waals surface area contributed by atoms with Crippen LogP contribution in [0.5, 0.6) is 0 Å². The number of rotatable bonds is 0. The molecule has 1 unspecified atom stereocenters. The molecule has 0 aliphatic heterocycles. The monoisotopic (exact) mass is 318 g/mol. The summed E-state index contributed by atoms with van der Waals surface area (Å²) in [4.78, 5) is 13.3. The molecule has 2 aromatic rings. The van der Waals surface area contributed by atoms with Gasteiger partial charge in [-0.15, -0.1) is 0 Å². The summed E-state index contributed by atoms with van der Waals surface area (Å²) in [6.45, 7) is 4.43. The first kappa shape index (κ1) is 14.2. The molecule has 3 aliphatic rings. The van der Waals surface area contributed by atoms with E-state index < -0.39 is 0 Å². The summed E-state index contributed by atoms with van der Waals surface area (Å²) in [5, 5.41) is 7.57. The number of hydrogen-bond donors (Lipinski definition) is 1. The van der Waals surface area contributed by atoms with Gasteiger partial charge in [0.15, 0.2) is 5.78 Å². The van der Waals surface area contributed by atoms with Gasteiger partial charge >= 0.3 is 0 Å². The highest BCUT2D eigenvalue weighted by Crippen LogP contribution is 2.56. The Labute approximate surface area is 142 Å². The highest BCUT2D eigenvalue weighted by Gasteiger charge is 2.52. The molecule has 3 heteroatoms. The van der Waals surface area contributed by atoms with E-state index in [1.165, 1.54) is 28.0 Å². The average Bonchev–Trinajstić information content (AvgIpc) is 3.12. The van der Waals surface area contributed by atoms with E-state index >= 15 is 0 Å². The van der Waals surface area contributed by atoms with E-state index in [0.717, 1.165) is 31.3 Å². The number of fused-ring (bicyclic) bond motifs is 5. The number of hydrogen-bond acceptors (Lipinski definition) is 2. The van der Waals surface area contributed by atoms with Gasteiger partial charge in [-0.2, -0.15) is 5.10 Å². The second-order valence-corrected chi connectivity index (χ2v) is 8.42. The smallest absolute Gasteiger partial charge is 0.160 e. The molecule has 1 atom stereocenters. The first-order chi connectivity index (χ1) is 11.5. The second kappa shape index (κ2) is 4.47. The van der Waals surface area contributed by atoms with Crippen LogP contribution < -0.4 is 0 Å². The maximum Gasteiger partial charge on any atom is 0.160 e. The van der Waals surface area contributed by atoms with Crippen LogP contribution in [0.3, 0.4) is 0 Å². The molecule has 0 saturated carbocycles. The molecule has 24 heavy (non-hydrogen) atoms. The van der Waals surface area contributed by atoms with Gasteiger partial charge in [0.05, 0.1) is 11.6 Å². The zero-order chi connectivity index (χ0) is 16.5. The molecule has 3 aliphatic carbocycles. The van der Waals surface area contributed by atoms with Crippen molar-refractivity contribution in [3.63, 3.8) is 0 Å². The molecule has 122 valence electrons. The van der Waals surface area contributed by atoms with Crippen molar-refractivity contribution in [2.45, 2.75) is 51.4 Å². The average molecular weight is 318 g/mol. The number of aryl methyl sites for hydroxylation is 1. The minimum atomic E-state index is -0.264. The summed E-state index contributed by atoms with van der Waals surface area (Å²) in [6, 6.07) is 8.66. The number of aromatic nitrogens is 2. The van der Waals surface area contributed by atoms with Crippen molar-refractivity contribution in [1.82, 2.24) is 10.2 Å². The van der Waals surface area contributed by atoms with Gasteiger partial charge in [0.25, 0.3) is 0 Å². The molecule has 5 rings (SSSR count). The van der Waals surface area contributed by atoms with Crippen molar-refractivity contribution in [3.8, 4) is 0 Å². The van der Waals surface area contributed by atoms with Crippen molar-refractivity contribution in [1.29, 1.82) is 0 Å². The van der Waals surface area contributed by atoms with E-state index in [0.29, 0.717) is 12.2 Å². The molecule has 1 aromatic heterocycles. The molecule has 0 saturated heterocycles. The molecule has 3 nitrogen and oxygen atoms in total. The standard InChI is InChI=1S/C21H22N2O/c1-20(2)10-14-9-17-16(12-22-23-17)21(19(14)18(24)11-20)8-7-13-5-3-4-6-15(13)21/h3-6,12H,7-11H2,1-2H3,(H,22,23). The molecule has 1 spiro atoms. The Kier molecular flexibility index (Phi) is 2.65. The minimum absolute atomic E-state index is 0.0623. The number of aromatic amines is 1. The lowest BCUT2D eigenvalue weighted by Gasteiger charge is -2.43. The van der Waals surface area contributed by atoms with Crippen LogP contribution >= 0.6 is 0 Å². The lowest BCUT2D eigenvalue weighted by atomic mass is 9.58. The summed E-state index contributed by atoms with van der Waals surface area (Å²) in [7, 11) is 0. The number of nitrogens with one attached hydrogen (secondary N) is 1. The zero-order valence-corrected chi connectivity index (χ0v) is 14.3. The third kappa shape index (κ3) is 1.68. The normalized spacial score (nSPS) is 27.2. The fourth-order valence-electron chi connectivity index (χ4n) is 5.45. The number of ketones is 1. The number of benzene rings is 1. The largest absolute Gasteiger partial charge is 0.294 e. The van der Waals surface area contributed by atoms with E-state index in [-0.39, 0.29) is 10.8 Å². The Morgan fingerprint density at radius 1 is 1.12 bits per heavy atom. The van der Waals surface area contributed by atoms with Crippen molar-refractivity contribution in [2.24, 2.45) is 5.41 Å². The predicted octanol–water partition coefficient (Wildman–Crippen LogP) is 3.88. The van der Waals surface area contributed by atoms with E-state index in [2.05, 4.69) is 48.3 Å². The predicted molar refractivity (Wildman–Crippen MR) is 92.9 cm³/mol. The highest BCUT2D eigenvalue weighted by molar-refractivity contribution is 6.02.